The number of nitrogens with one attached hydrogen (secondary N) is 1. The summed E-state index contributed by atoms with van der Waals surface area (Å²) in [5.74, 6) is -0.446. The summed E-state index contributed by atoms with van der Waals surface area (Å²) in [5.41, 5.74) is 0.733. The summed E-state index contributed by atoms with van der Waals surface area (Å²) < 4.78 is 5.23. The minimum absolute atomic E-state index is 0.166. The Morgan fingerprint density at radius 1 is 1.35 bits per heavy atom. The number of H-pyrrole nitrogens is 1. The van der Waals surface area contributed by atoms with Gasteiger partial charge in [0.05, 0.1) is 18.4 Å². The lowest BCUT2D eigenvalue weighted by molar-refractivity contribution is 0.0693. The first-order valence-corrected chi connectivity index (χ1v) is 5.93. The van der Waals surface area contributed by atoms with Crippen LogP contribution in [-0.4, -0.2) is 28.2 Å². The van der Waals surface area contributed by atoms with Crippen LogP contribution in [0.15, 0.2) is 23.0 Å². The molecule has 0 saturated carbocycles. The van der Waals surface area contributed by atoms with Gasteiger partial charge in [-0.25, -0.2) is 9.78 Å². The first-order valence-electron chi connectivity index (χ1n) is 5.93. The molecular weight excluding hydrogens is 260 g/mol. The Bertz CT molecular complexity index is 734. The molecule has 1 aromatic carbocycles. The Kier molecular flexibility index (Phi) is 3.56. The molecule has 0 radical (unpaired) electrons. The Morgan fingerprint density at radius 2 is 2.05 bits per heavy atom. The van der Waals surface area contributed by atoms with Gasteiger partial charge in [0.1, 0.15) is 17.1 Å². The van der Waals surface area contributed by atoms with Crippen molar-refractivity contribution < 1.29 is 14.6 Å². The molecule has 0 amide bonds. The fourth-order valence-electron chi connectivity index (χ4n) is 1.97. The number of nitrogens with zero attached hydrogens (tertiary/aromatic N) is 1. The molecule has 0 bridgehead atoms. The predicted molar refractivity (Wildman–Crippen MR) is 73.3 cm³/mol. The van der Waals surface area contributed by atoms with E-state index in [2.05, 4.69) is 9.97 Å². The van der Waals surface area contributed by atoms with Crippen LogP contribution in [0.1, 0.15) is 21.6 Å². The lowest BCUT2D eigenvalue weighted by Gasteiger charge is -2.10. The molecule has 0 aliphatic heterocycles. The third-order valence-electron chi connectivity index (χ3n) is 2.92. The third kappa shape index (κ3) is 2.40. The van der Waals surface area contributed by atoms with Crippen molar-refractivity contribution in [2.24, 2.45) is 0 Å². The SMILES string of the molecule is COc1ccc(C)cc1-c1nc(C)c(C(=O)O)c(=O)[nH]1. The van der Waals surface area contributed by atoms with Crippen molar-refractivity contribution in [3.8, 4) is 17.1 Å². The van der Waals surface area contributed by atoms with Crippen LogP contribution in [0.25, 0.3) is 11.4 Å². The van der Waals surface area contributed by atoms with E-state index in [1.807, 2.05) is 19.1 Å². The molecule has 6 nitrogen and oxygen atoms in total. The zero-order valence-corrected chi connectivity index (χ0v) is 11.4. The van der Waals surface area contributed by atoms with Crippen LogP contribution in [0.5, 0.6) is 5.75 Å². The van der Waals surface area contributed by atoms with Gasteiger partial charge in [0.25, 0.3) is 5.56 Å². The van der Waals surface area contributed by atoms with Gasteiger partial charge in [-0.3, -0.25) is 4.79 Å². The average Bonchev–Trinajstić information content (AvgIpc) is 2.37. The summed E-state index contributed by atoms with van der Waals surface area (Å²) in [6.07, 6.45) is 0. The van der Waals surface area contributed by atoms with E-state index in [1.54, 1.807) is 6.07 Å². The number of aromatic nitrogens is 2. The molecule has 104 valence electrons. The normalized spacial score (nSPS) is 10.3. The van der Waals surface area contributed by atoms with Crippen LogP contribution < -0.4 is 10.3 Å². The molecule has 0 aliphatic carbocycles. The smallest absolute Gasteiger partial charge is 0.343 e. The van der Waals surface area contributed by atoms with Gasteiger partial charge in [0.15, 0.2) is 0 Å². The molecule has 0 unspecified atom stereocenters. The van der Waals surface area contributed by atoms with Crippen molar-refractivity contribution in [2.45, 2.75) is 13.8 Å². The number of carboxylic acid groups (broad SMARTS) is 1. The van der Waals surface area contributed by atoms with Gasteiger partial charge in [-0.2, -0.15) is 0 Å². The molecular formula is C14H14N2O4. The van der Waals surface area contributed by atoms with E-state index in [0.29, 0.717) is 11.3 Å². The molecule has 0 fully saturated rings. The molecule has 0 aliphatic rings. The predicted octanol–water partition coefficient (Wildman–Crippen LogP) is 1.76. The first-order chi connectivity index (χ1) is 9.43. The Morgan fingerprint density at radius 3 is 2.60 bits per heavy atom. The lowest BCUT2D eigenvalue weighted by Crippen LogP contribution is -2.21. The second-order valence-corrected chi connectivity index (χ2v) is 4.38. The number of aromatic carboxylic acids is 1. The van der Waals surface area contributed by atoms with E-state index in [9.17, 15) is 9.59 Å². The minimum atomic E-state index is -1.29. The van der Waals surface area contributed by atoms with E-state index >= 15 is 0 Å². The standard InChI is InChI=1S/C14H14N2O4/c1-7-4-5-10(20-3)9(6-7)12-15-8(2)11(14(18)19)13(17)16-12/h4-6H,1-3H3,(H,18,19)(H,15,16,17). The molecule has 6 heteroatoms. The van der Waals surface area contributed by atoms with Gasteiger partial charge < -0.3 is 14.8 Å². The van der Waals surface area contributed by atoms with Crippen LogP contribution in [0.4, 0.5) is 0 Å². The highest BCUT2D eigenvalue weighted by atomic mass is 16.5. The number of ether oxygens (including phenoxy) is 1. The quantitative estimate of drug-likeness (QED) is 0.889. The minimum Gasteiger partial charge on any atom is -0.496 e. The number of benzene rings is 1. The van der Waals surface area contributed by atoms with Gasteiger partial charge in [-0.05, 0) is 26.0 Å². The maximum atomic E-state index is 11.8. The fourth-order valence-corrected chi connectivity index (χ4v) is 1.97. The number of aryl methyl sites for hydroxylation is 2. The molecule has 2 rings (SSSR count). The second kappa shape index (κ2) is 5.16. The summed E-state index contributed by atoms with van der Waals surface area (Å²) in [7, 11) is 1.52. The summed E-state index contributed by atoms with van der Waals surface area (Å²) in [6.45, 7) is 3.39. The molecule has 2 N–H and O–H groups in total. The van der Waals surface area contributed by atoms with Crippen LogP contribution in [-0.2, 0) is 0 Å². The van der Waals surface area contributed by atoms with Crippen molar-refractivity contribution in [3.05, 3.63) is 45.4 Å². The Hall–Kier alpha value is -2.63. The summed E-state index contributed by atoms with van der Waals surface area (Å²) in [6, 6.07) is 5.46. The van der Waals surface area contributed by atoms with Gasteiger partial charge in [-0.1, -0.05) is 11.6 Å². The van der Waals surface area contributed by atoms with Crippen molar-refractivity contribution in [1.82, 2.24) is 9.97 Å². The van der Waals surface area contributed by atoms with E-state index in [0.717, 1.165) is 5.56 Å². The van der Waals surface area contributed by atoms with E-state index in [-0.39, 0.29) is 17.1 Å². The number of hydrogen-bond donors (Lipinski definition) is 2. The van der Waals surface area contributed by atoms with E-state index in [1.165, 1.54) is 14.0 Å². The van der Waals surface area contributed by atoms with Crippen molar-refractivity contribution in [3.63, 3.8) is 0 Å². The average molecular weight is 274 g/mol. The third-order valence-corrected chi connectivity index (χ3v) is 2.92. The highest BCUT2D eigenvalue weighted by Crippen LogP contribution is 2.28. The molecule has 0 spiro atoms. The van der Waals surface area contributed by atoms with Gasteiger partial charge in [-0.15, -0.1) is 0 Å². The number of hydrogen-bond acceptors (Lipinski definition) is 4. The Labute approximate surface area is 115 Å². The van der Waals surface area contributed by atoms with Gasteiger partial charge >= 0.3 is 5.97 Å². The first kappa shape index (κ1) is 13.8. The molecule has 1 aromatic heterocycles. The van der Waals surface area contributed by atoms with E-state index in [4.69, 9.17) is 9.84 Å². The fraction of sp³-hybridized carbons (Fsp3) is 0.214. The largest absolute Gasteiger partial charge is 0.496 e. The van der Waals surface area contributed by atoms with Crippen LogP contribution in [0, 0.1) is 13.8 Å². The second-order valence-electron chi connectivity index (χ2n) is 4.38. The summed E-state index contributed by atoms with van der Waals surface area (Å²) >= 11 is 0. The highest BCUT2D eigenvalue weighted by Gasteiger charge is 2.17. The summed E-state index contributed by atoms with van der Waals surface area (Å²) in [5, 5.41) is 8.97. The number of carbonyl (C=O) groups is 1. The van der Waals surface area contributed by atoms with Gasteiger partial charge in [0.2, 0.25) is 0 Å². The number of carboxylic acids is 1. The molecule has 0 atom stereocenters. The zero-order valence-electron chi connectivity index (χ0n) is 11.4. The number of rotatable bonds is 3. The van der Waals surface area contributed by atoms with Crippen molar-refractivity contribution >= 4 is 5.97 Å². The van der Waals surface area contributed by atoms with Crippen LogP contribution in [0.3, 0.4) is 0 Å². The molecule has 2 aromatic rings. The Balaban J connectivity index is 2.69. The van der Waals surface area contributed by atoms with E-state index < -0.39 is 11.5 Å². The molecule has 20 heavy (non-hydrogen) atoms. The number of aromatic amines is 1. The number of methoxy groups -OCH3 is 1. The van der Waals surface area contributed by atoms with Crippen LogP contribution in [0.2, 0.25) is 0 Å². The van der Waals surface area contributed by atoms with Gasteiger partial charge in [0, 0.05) is 0 Å². The highest BCUT2D eigenvalue weighted by molar-refractivity contribution is 5.88. The monoisotopic (exact) mass is 274 g/mol. The lowest BCUT2D eigenvalue weighted by atomic mass is 10.1. The van der Waals surface area contributed by atoms with Crippen molar-refractivity contribution in [2.75, 3.05) is 7.11 Å². The maximum Gasteiger partial charge on any atom is 0.343 e. The molecule has 0 saturated heterocycles. The topological polar surface area (TPSA) is 92.3 Å². The molecule has 1 heterocycles. The summed E-state index contributed by atoms with van der Waals surface area (Å²) in [4.78, 5) is 29.5. The van der Waals surface area contributed by atoms with Crippen LogP contribution >= 0.6 is 0 Å². The maximum absolute atomic E-state index is 11.8. The zero-order chi connectivity index (χ0) is 14.9. The van der Waals surface area contributed by atoms with Crippen molar-refractivity contribution in [1.29, 1.82) is 0 Å².